The van der Waals surface area contributed by atoms with Crippen LogP contribution in [0.25, 0.3) is 0 Å². The van der Waals surface area contributed by atoms with Crippen molar-refractivity contribution in [3.8, 4) is 0 Å². The molecule has 0 radical (unpaired) electrons. The average Bonchev–Trinajstić information content (AvgIpc) is 3.21. The molecule has 1 saturated heterocycles. The first-order valence-electron chi connectivity index (χ1n) is 9.21. The first kappa shape index (κ1) is 19.6. The number of hydrogen-bond acceptors (Lipinski definition) is 3. The Morgan fingerprint density at radius 2 is 2.04 bits per heavy atom. The lowest BCUT2D eigenvalue weighted by Crippen LogP contribution is -2.42. The first-order chi connectivity index (χ1) is 13.2. The maximum absolute atomic E-state index is 14.5. The molecule has 1 aliphatic heterocycles. The highest BCUT2D eigenvalue weighted by Crippen LogP contribution is 2.31. The van der Waals surface area contributed by atoms with Gasteiger partial charge in [-0.1, -0.05) is 23.7 Å². The third-order valence-corrected chi connectivity index (χ3v) is 5.09. The number of benzene rings is 1. The summed E-state index contributed by atoms with van der Waals surface area (Å²) in [5.41, 5.74) is 1.47. The van der Waals surface area contributed by atoms with Gasteiger partial charge in [0.25, 0.3) is 0 Å². The van der Waals surface area contributed by atoms with Crippen molar-refractivity contribution < 1.29 is 4.39 Å². The van der Waals surface area contributed by atoms with Gasteiger partial charge in [-0.25, -0.2) is 4.39 Å². The highest BCUT2D eigenvalue weighted by molar-refractivity contribution is 6.31. The van der Waals surface area contributed by atoms with E-state index in [1.165, 1.54) is 6.07 Å². The van der Waals surface area contributed by atoms with Crippen LogP contribution in [0.3, 0.4) is 0 Å². The topological polar surface area (TPSA) is 52.6 Å². The molecule has 2 N–H and O–H groups in total. The number of pyridine rings is 1. The summed E-state index contributed by atoms with van der Waals surface area (Å²) in [5.74, 6) is 0.384. The second-order valence-corrected chi connectivity index (χ2v) is 6.93. The Balaban J connectivity index is 1.68. The van der Waals surface area contributed by atoms with Gasteiger partial charge in [0.1, 0.15) is 5.82 Å². The van der Waals surface area contributed by atoms with Crippen molar-refractivity contribution in [3.63, 3.8) is 0 Å². The van der Waals surface area contributed by atoms with Gasteiger partial charge in [-0.15, -0.1) is 0 Å². The summed E-state index contributed by atoms with van der Waals surface area (Å²) in [6.45, 7) is 2.96. The number of halogens is 2. The molecule has 1 unspecified atom stereocenters. The zero-order chi connectivity index (χ0) is 19.1. The lowest BCUT2D eigenvalue weighted by molar-refractivity contribution is 0.240. The molecule has 2 heterocycles. The maximum atomic E-state index is 14.5. The molecule has 5 nitrogen and oxygen atoms in total. The van der Waals surface area contributed by atoms with Crippen LogP contribution in [-0.4, -0.2) is 42.5 Å². The summed E-state index contributed by atoms with van der Waals surface area (Å²) in [6, 6.07) is 10.5. The van der Waals surface area contributed by atoms with Gasteiger partial charge in [-0.2, -0.15) is 0 Å². The highest BCUT2D eigenvalue weighted by Gasteiger charge is 2.27. The molecular weight excluding hydrogens is 365 g/mol. The lowest BCUT2D eigenvalue weighted by atomic mass is 10.0. The summed E-state index contributed by atoms with van der Waals surface area (Å²) in [6.07, 6.45) is 4.00. The lowest BCUT2D eigenvalue weighted by Gasteiger charge is -2.29. The van der Waals surface area contributed by atoms with E-state index in [4.69, 9.17) is 11.6 Å². The van der Waals surface area contributed by atoms with Gasteiger partial charge in [0.2, 0.25) is 0 Å². The first-order valence-corrected chi connectivity index (χ1v) is 9.59. The Bertz CT molecular complexity index is 742. The van der Waals surface area contributed by atoms with Crippen LogP contribution >= 0.6 is 11.6 Å². The normalized spacial score (nSPS) is 16.3. The van der Waals surface area contributed by atoms with Crippen LogP contribution < -0.4 is 10.6 Å². The minimum atomic E-state index is -0.266. The molecule has 0 saturated carbocycles. The molecule has 0 amide bonds. The van der Waals surface area contributed by atoms with Crippen LogP contribution in [0.5, 0.6) is 0 Å². The van der Waals surface area contributed by atoms with E-state index in [9.17, 15) is 4.39 Å². The van der Waals surface area contributed by atoms with Crippen molar-refractivity contribution >= 4 is 17.6 Å². The molecule has 2 aromatic rings. The molecule has 1 aromatic heterocycles. The minimum absolute atomic E-state index is 0.144. The Kier molecular flexibility index (Phi) is 7.01. The molecule has 144 valence electrons. The molecule has 1 aliphatic rings. The van der Waals surface area contributed by atoms with Gasteiger partial charge in [-0.3, -0.25) is 14.9 Å². The number of nitrogens with zero attached hydrogens (tertiary/aromatic N) is 3. The number of aliphatic imine (C=N–C) groups is 1. The van der Waals surface area contributed by atoms with E-state index < -0.39 is 0 Å². The number of aromatic nitrogens is 1. The molecule has 0 aliphatic carbocycles. The zero-order valence-corrected chi connectivity index (χ0v) is 16.2. The molecule has 3 rings (SSSR count). The monoisotopic (exact) mass is 389 g/mol. The van der Waals surface area contributed by atoms with Crippen LogP contribution in [-0.2, 0) is 6.54 Å². The van der Waals surface area contributed by atoms with Gasteiger partial charge < -0.3 is 10.6 Å². The van der Waals surface area contributed by atoms with Crippen molar-refractivity contribution in [2.45, 2.75) is 25.4 Å². The van der Waals surface area contributed by atoms with E-state index in [-0.39, 0.29) is 11.9 Å². The Hall–Kier alpha value is -2.18. The Labute approximate surface area is 164 Å². The van der Waals surface area contributed by atoms with E-state index in [0.29, 0.717) is 29.6 Å². The fraction of sp³-hybridized carbons (Fsp3) is 0.400. The molecular formula is C20H25ClFN5. The van der Waals surface area contributed by atoms with Crippen molar-refractivity contribution in [1.29, 1.82) is 0 Å². The summed E-state index contributed by atoms with van der Waals surface area (Å²) >= 11 is 6.34. The second kappa shape index (κ2) is 9.67. The number of nitrogens with one attached hydrogen (secondary N) is 2. The molecule has 1 aromatic carbocycles. The molecule has 7 heteroatoms. The minimum Gasteiger partial charge on any atom is -0.354 e. The predicted octanol–water partition coefficient (Wildman–Crippen LogP) is 3.38. The smallest absolute Gasteiger partial charge is 0.191 e. The van der Waals surface area contributed by atoms with Crippen LogP contribution in [0.1, 0.15) is 30.1 Å². The van der Waals surface area contributed by atoms with Gasteiger partial charge >= 0.3 is 0 Å². The van der Waals surface area contributed by atoms with Crippen LogP contribution in [0.15, 0.2) is 47.6 Å². The highest BCUT2D eigenvalue weighted by atomic mass is 35.5. The van der Waals surface area contributed by atoms with Gasteiger partial charge in [-0.05, 0) is 50.2 Å². The van der Waals surface area contributed by atoms with Gasteiger partial charge in [0.15, 0.2) is 5.96 Å². The second-order valence-electron chi connectivity index (χ2n) is 6.52. The summed E-state index contributed by atoms with van der Waals surface area (Å²) in [7, 11) is 1.72. The largest absolute Gasteiger partial charge is 0.354 e. The zero-order valence-electron chi connectivity index (χ0n) is 15.5. The number of hydrogen-bond donors (Lipinski definition) is 2. The van der Waals surface area contributed by atoms with Gasteiger partial charge in [0.05, 0.1) is 18.3 Å². The number of likely N-dealkylation sites (tertiary alicyclic amines) is 1. The summed E-state index contributed by atoms with van der Waals surface area (Å²) in [5, 5.41) is 7.02. The predicted molar refractivity (Wildman–Crippen MR) is 107 cm³/mol. The standard InChI is InChI=1S/C20H25ClFN5/c1-23-20(25-13-15-7-2-3-10-24-15)26-14-18(27-11-4-5-12-27)19-16(21)8-6-9-17(19)22/h2-3,6-10,18H,4-5,11-14H2,1H3,(H2,23,25,26). The SMILES string of the molecule is CN=C(NCc1ccccn1)NCC(c1c(F)cccc1Cl)N1CCCC1. The maximum Gasteiger partial charge on any atom is 0.191 e. The number of rotatable bonds is 6. The van der Waals surface area contributed by atoms with E-state index >= 15 is 0 Å². The summed E-state index contributed by atoms with van der Waals surface area (Å²) < 4.78 is 14.5. The quantitative estimate of drug-likeness (QED) is 0.587. The average molecular weight is 390 g/mol. The van der Waals surface area contributed by atoms with Crippen LogP contribution in [0.2, 0.25) is 5.02 Å². The van der Waals surface area contributed by atoms with E-state index in [2.05, 4.69) is 25.5 Å². The van der Waals surface area contributed by atoms with Crippen LogP contribution in [0, 0.1) is 5.82 Å². The third-order valence-electron chi connectivity index (χ3n) is 4.76. The fourth-order valence-corrected chi connectivity index (χ4v) is 3.68. The fourth-order valence-electron chi connectivity index (χ4n) is 3.39. The Morgan fingerprint density at radius 1 is 1.22 bits per heavy atom. The third kappa shape index (κ3) is 5.17. The van der Waals surface area contributed by atoms with E-state index in [1.54, 1.807) is 25.4 Å². The molecule has 1 atom stereocenters. The van der Waals surface area contributed by atoms with Gasteiger partial charge in [0, 0.05) is 30.4 Å². The van der Waals surface area contributed by atoms with Crippen molar-refractivity contribution in [3.05, 3.63) is 64.7 Å². The summed E-state index contributed by atoms with van der Waals surface area (Å²) in [4.78, 5) is 10.8. The van der Waals surface area contributed by atoms with Crippen molar-refractivity contribution in [2.24, 2.45) is 4.99 Å². The van der Waals surface area contributed by atoms with E-state index in [0.717, 1.165) is 31.6 Å². The molecule has 0 spiro atoms. The van der Waals surface area contributed by atoms with Crippen molar-refractivity contribution in [1.82, 2.24) is 20.5 Å². The number of guanidine groups is 1. The van der Waals surface area contributed by atoms with E-state index in [1.807, 2.05) is 18.2 Å². The molecule has 27 heavy (non-hydrogen) atoms. The Morgan fingerprint density at radius 3 is 2.70 bits per heavy atom. The van der Waals surface area contributed by atoms with Crippen LogP contribution in [0.4, 0.5) is 4.39 Å². The molecule has 0 bridgehead atoms. The van der Waals surface area contributed by atoms with Crippen molar-refractivity contribution in [2.75, 3.05) is 26.7 Å². The molecule has 1 fully saturated rings.